The number of hydrogen-bond donors (Lipinski definition) is 2. The van der Waals surface area contributed by atoms with Crippen molar-refractivity contribution >= 4 is 62.6 Å². The van der Waals surface area contributed by atoms with Crippen molar-refractivity contribution in [1.82, 2.24) is 5.43 Å². The highest BCUT2D eigenvalue weighted by Gasteiger charge is 2.28. The predicted octanol–water partition coefficient (Wildman–Crippen LogP) is 5.36. The second kappa shape index (κ2) is 13.8. The van der Waals surface area contributed by atoms with Gasteiger partial charge in [-0.15, -0.1) is 0 Å². The molecule has 9 nitrogen and oxygen atoms in total. The van der Waals surface area contributed by atoms with Gasteiger partial charge in [0.25, 0.3) is 21.8 Å². The molecular formula is C29H24Cl2N4O5S. The summed E-state index contributed by atoms with van der Waals surface area (Å²) in [4.78, 5) is 24.9. The molecule has 0 atom stereocenters. The van der Waals surface area contributed by atoms with Crippen molar-refractivity contribution in [3.05, 3.63) is 119 Å². The van der Waals surface area contributed by atoms with Gasteiger partial charge < -0.3 is 10.1 Å². The number of anilines is 2. The van der Waals surface area contributed by atoms with E-state index >= 15 is 0 Å². The minimum Gasteiger partial charge on any atom is -0.484 e. The van der Waals surface area contributed by atoms with Crippen LogP contribution in [0.5, 0.6) is 5.75 Å². The Morgan fingerprint density at radius 3 is 2.12 bits per heavy atom. The Labute approximate surface area is 247 Å². The molecule has 0 bridgehead atoms. The lowest BCUT2D eigenvalue weighted by Gasteiger charge is -2.24. The zero-order chi connectivity index (χ0) is 29.2. The molecular weight excluding hydrogens is 587 g/mol. The number of nitrogens with one attached hydrogen (secondary N) is 2. The van der Waals surface area contributed by atoms with Gasteiger partial charge in [0.15, 0.2) is 6.61 Å². The number of ether oxygens (including phenoxy) is 1. The number of halogens is 2. The average molecular weight is 612 g/mol. The van der Waals surface area contributed by atoms with E-state index in [2.05, 4.69) is 15.8 Å². The molecule has 0 unspecified atom stereocenters. The van der Waals surface area contributed by atoms with Crippen molar-refractivity contribution < 1.29 is 22.7 Å². The monoisotopic (exact) mass is 610 g/mol. The zero-order valence-electron chi connectivity index (χ0n) is 21.4. The van der Waals surface area contributed by atoms with Crippen LogP contribution in [0.25, 0.3) is 0 Å². The molecule has 41 heavy (non-hydrogen) atoms. The van der Waals surface area contributed by atoms with Crippen LogP contribution >= 0.6 is 23.2 Å². The second-order valence-electron chi connectivity index (χ2n) is 8.46. The molecule has 4 aromatic carbocycles. The van der Waals surface area contributed by atoms with Crippen LogP contribution in [0.15, 0.2) is 113 Å². The molecule has 0 aromatic heterocycles. The fourth-order valence-corrected chi connectivity index (χ4v) is 5.50. The topological polar surface area (TPSA) is 117 Å². The molecule has 0 aliphatic rings. The molecule has 2 N–H and O–H groups in total. The molecule has 0 aliphatic carbocycles. The predicted molar refractivity (Wildman–Crippen MR) is 160 cm³/mol. The summed E-state index contributed by atoms with van der Waals surface area (Å²) in [6, 6.07) is 27.6. The fraction of sp³-hybridized carbons (Fsp3) is 0.0690. The molecule has 2 amide bonds. The van der Waals surface area contributed by atoms with E-state index in [4.69, 9.17) is 27.9 Å². The van der Waals surface area contributed by atoms with Gasteiger partial charge in [0.1, 0.15) is 12.3 Å². The number of carbonyl (C=O) groups is 2. The zero-order valence-corrected chi connectivity index (χ0v) is 23.7. The number of hydrazone groups is 1. The van der Waals surface area contributed by atoms with Crippen LogP contribution in [0, 0.1) is 0 Å². The van der Waals surface area contributed by atoms with Gasteiger partial charge in [-0.25, -0.2) is 13.8 Å². The molecule has 0 saturated carbocycles. The van der Waals surface area contributed by atoms with Gasteiger partial charge in [0.05, 0.1) is 32.5 Å². The summed E-state index contributed by atoms with van der Waals surface area (Å²) in [6.07, 6.45) is 1.39. The van der Waals surface area contributed by atoms with Crippen LogP contribution in [-0.2, 0) is 19.6 Å². The van der Waals surface area contributed by atoms with Gasteiger partial charge in [0, 0.05) is 0 Å². The Balaban J connectivity index is 1.35. The summed E-state index contributed by atoms with van der Waals surface area (Å²) in [5.41, 5.74) is 3.62. The summed E-state index contributed by atoms with van der Waals surface area (Å²) in [7, 11) is -4.10. The maximum atomic E-state index is 13.4. The highest BCUT2D eigenvalue weighted by Crippen LogP contribution is 2.30. The van der Waals surface area contributed by atoms with E-state index in [0.29, 0.717) is 22.0 Å². The first-order chi connectivity index (χ1) is 19.7. The number of para-hydroxylation sites is 2. The van der Waals surface area contributed by atoms with Gasteiger partial charge in [-0.05, 0) is 66.2 Å². The minimum absolute atomic E-state index is 0.0138. The molecule has 0 spiro atoms. The maximum Gasteiger partial charge on any atom is 0.264 e. The Morgan fingerprint density at radius 1 is 0.805 bits per heavy atom. The third-order valence-corrected chi connectivity index (χ3v) is 7.96. The highest BCUT2D eigenvalue weighted by atomic mass is 35.5. The minimum atomic E-state index is -4.10. The summed E-state index contributed by atoms with van der Waals surface area (Å²) < 4.78 is 33.1. The number of sulfonamides is 1. The smallest absolute Gasteiger partial charge is 0.264 e. The molecule has 4 aromatic rings. The summed E-state index contributed by atoms with van der Waals surface area (Å²) in [5.74, 6) is -0.598. The Kier molecular flexibility index (Phi) is 9.96. The Bertz CT molecular complexity index is 1650. The average Bonchev–Trinajstić information content (AvgIpc) is 2.97. The van der Waals surface area contributed by atoms with Crippen molar-refractivity contribution in [2.45, 2.75) is 4.90 Å². The Morgan fingerprint density at radius 2 is 1.44 bits per heavy atom. The van der Waals surface area contributed by atoms with Crippen molar-refractivity contribution in [2.24, 2.45) is 5.10 Å². The van der Waals surface area contributed by atoms with E-state index in [0.717, 1.165) is 4.31 Å². The molecule has 12 heteroatoms. The molecule has 0 saturated heterocycles. The van der Waals surface area contributed by atoms with Crippen LogP contribution in [0.3, 0.4) is 0 Å². The number of rotatable bonds is 11. The molecule has 0 heterocycles. The van der Waals surface area contributed by atoms with Crippen molar-refractivity contribution in [3.8, 4) is 5.75 Å². The lowest BCUT2D eigenvalue weighted by Crippen LogP contribution is -2.39. The van der Waals surface area contributed by atoms with Crippen LogP contribution in [0.4, 0.5) is 11.4 Å². The van der Waals surface area contributed by atoms with Crippen LogP contribution in [-0.4, -0.2) is 39.6 Å². The van der Waals surface area contributed by atoms with E-state index in [1.807, 2.05) is 0 Å². The van der Waals surface area contributed by atoms with Crippen LogP contribution in [0.1, 0.15) is 5.56 Å². The first-order valence-corrected chi connectivity index (χ1v) is 14.3. The van der Waals surface area contributed by atoms with E-state index in [-0.39, 0.29) is 28.1 Å². The summed E-state index contributed by atoms with van der Waals surface area (Å²) in [6.45, 7) is -0.774. The second-order valence-corrected chi connectivity index (χ2v) is 11.1. The van der Waals surface area contributed by atoms with E-state index in [1.165, 1.54) is 24.4 Å². The Hall–Kier alpha value is -4.38. The van der Waals surface area contributed by atoms with Gasteiger partial charge in [-0.2, -0.15) is 5.10 Å². The summed E-state index contributed by atoms with van der Waals surface area (Å²) in [5, 5.41) is 7.19. The normalized spacial score (nSPS) is 11.2. The van der Waals surface area contributed by atoms with E-state index < -0.39 is 22.5 Å². The standard InChI is InChI=1S/C29H24Cl2N4O5S/c30-24-10-4-6-12-26(24)33-29(37)20-40-22-16-14-21(15-17-22)18-32-34-28(36)19-35(27-13-7-5-11-25(27)31)41(38,39)23-8-2-1-3-9-23/h1-18H,19-20H2,(H,33,37)(H,34,36)/b32-18-. The third kappa shape index (κ3) is 8.07. The third-order valence-electron chi connectivity index (χ3n) is 5.54. The number of amides is 2. The lowest BCUT2D eigenvalue weighted by molar-refractivity contribution is -0.119. The molecule has 0 fully saturated rings. The largest absolute Gasteiger partial charge is 0.484 e. The van der Waals surface area contributed by atoms with Crippen molar-refractivity contribution in [1.29, 1.82) is 0 Å². The molecule has 4 rings (SSSR count). The van der Waals surface area contributed by atoms with Gasteiger partial charge in [-0.3, -0.25) is 13.9 Å². The number of carbonyl (C=O) groups excluding carboxylic acids is 2. The van der Waals surface area contributed by atoms with E-state index in [1.54, 1.807) is 84.9 Å². The van der Waals surface area contributed by atoms with Gasteiger partial charge in [-0.1, -0.05) is 65.7 Å². The molecule has 210 valence electrons. The summed E-state index contributed by atoms with van der Waals surface area (Å²) >= 11 is 12.3. The maximum absolute atomic E-state index is 13.4. The number of nitrogens with zero attached hydrogens (tertiary/aromatic N) is 2. The molecule has 0 radical (unpaired) electrons. The first kappa shape index (κ1) is 29.6. The van der Waals surface area contributed by atoms with Crippen molar-refractivity contribution in [3.63, 3.8) is 0 Å². The number of hydrogen-bond acceptors (Lipinski definition) is 6. The lowest BCUT2D eigenvalue weighted by atomic mass is 10.2. The van der Waals surface area contributed by atoms with Gasteiger partial charge in [0.2, 0.25) is 0 Å². The van der Waals surface area contributed by atoms with Crippen LogP contribution in [0.2, 0.25) is 10.0 Å². The first-order valence-electron chi connectivity index (χ1n) is 12.2. The van der Waals surface area contributed by atoms with Crippen molar-refractivity contribution in [2.75, 3.05) is 22.8 Å². The van der Waals surface area contributed by atoms with E-state index in [9.17, 15) is 18.0 Å². The van der Waals surface area contributed by atoms with Crippen LogP contribution < -0.4 is 19.8 Å². The SMILES string of the molecule is O=C(CN(c1ccccc1Cl)S(=O)(=O)c1ccccc1)N/N=C\c1ccc(OCC(=O)Nc2ccccc2Cl)cc1. The molecule has 0 aliphatic heterocycles. The number of benzene rings is 4. The highest BCUT2D eigenvalue weighted by molar-refractivity contribution is 7.92. The van der Waals surface area contributed by atoms with Gasteiger partial charge >= 0.3 is 0 Å². The quantitative estimate of drug-likeness (QED) is 0.175. The fourth-order valence-electron chi connectivity index (χ4n) is 3.57.